The number of oxime groups is 1. The Hall–Kier alpha value is -3.49. The van der Waals surface area contributed by atoms with Crippen LogP contribution in [0.5, 0.6) is 5.75 Å². The molecule has 0 fully saturated rings. The maximum Gasteiger partial charge on any atom is 0.204 e. The molecule has 9 nitrogen and oxygen atoms in total. The second-order valence-electron chi connectivity index (χ2n) is 6.45. The van der Waals surface area contributed by atoms with Gasteiger partial charge in [-0.3, -0.25) is 0 Å². The molecule has 1 aromatic carbocycles. The largest absolute Gasteiger partial charge is 0.490 e. The standard InChI is InChI=1S/C20H25N7O2/c1-3-4-8-13-28-17-12-11-16(22-19(17)21)14-29-24-18(15-9-6-5-7-10-15)20-23-25-26-27(20)2/h5-7,9-12H,3-4,8,13-14H2,1-2H3,(H2,21,22). The number of nitrogen functional groups attached to an aromatic ring is 1. The molecule has 0 spiro atoms. The number of ether oxygens (including phenoxy) is 1. The van der Waals surface area contributed by atoms with Gasteiger partial charge in [0.15, 0.2) is 23.9 Å². The van der Waals surface area contributed by atoms with E-state index in [-0.39, 0.29) is 6.61 Å². The number of tetrazole rings is 1. The van der Waals surface area contributed by atoms with Crippen molar-refractivity contribution in [1.82, 2.24) is 25.2 Å². The molecule has 3 rings (SSSR count). The molecule has 0 saturated carbocycles. The van der Waals surface area contributed by atoms with Crippen molar-refractivity contribution in [3.05, 3.63) is 59.5 Å². The van der Waals surface area contributed by atoms with Crippen molar-refractivity contribution in [1.29, 1.82) is 0 Å². The normalized spacial score (nSPS) is 11.4. The average Bonchev–Trinajstić information content (AvgIpc) is 3.16. The first-order chi connectivity index (χ1) is 14.2. The minimum absolute atomic E-state index is 0.155. The second-order valence-corrected chi connectivity index (χ2v) is 6.45. The zero-order valence-electron chi connectivity index (χ0n) is 16.7. The van der Waals surface area contributed by atoms with E-state index in [1.165, 1.54) is 4.68 Å². The Morgan fingerprint density at radius 3 is 2.66 bits per heavy atom. The molecule has 2 heterocycles. The molecule has 2 aromatic heterocycles. The van der Waals surface area contributed by atoms with E-state index in [2.05, 4.69) is 32.6 Å². The fourth-order valence-corrected chi connectivity index (χ4v) is 2.65. The SMILES string of the molecule is CCCCCOc1ccc(CON=C(c2ccccc2)c2nnnn2C)nc1N. The highest BCUT2D eigenvalue weighted by molar-refractivity contribution is 6.10. The van der Waals surface area contributed by atoms with Crippen LogP contribution >= 0.6 is 0 Å². The average molecular weight is 395 g/mol. The summed E-state index contributed by atoms with van der Waals surface area (Å²) >= 11 is 0. The quantitative estimate of drug-likeness (QED) is 0.319. The van der Waals surface area contributed by atoms with Crippen LogP contribution in [-0.4, -0.2) is 37.5 Å². The molecule has 0 aliphatic carbocycles. The number of hydrogen-bond acceptors (Lipinski definition) is 8. The van der Waals surface area contributed by atoms with E-state index in [1.54, 1.807) is 13.1 Å². The molecule has 0 aliphatic heterocycles. The third kappa shape index (κ3) is 5.50. The van der Waals surface area contributed by atoms with Crippen molar-refractivity contribution < 1.29 is 9.57 Å². The van der Waals surface area contributed by atoms with E-state index in [0.29, 0.717) is 35.4 Å². The van der Waals surface area contributed by atoms with Crippen molar-refractivity contribution in [2.45, 2.75) is 32.8 Å². The molecule has 0 atom stereocenters. The number of hydrogen-bond donors (Lipinski definition) is 1. The van der Waals surface area contributed by atoms with Crippen molar-refractivity contribution >= 4 is 11.5 Å². The highest BCUT2D eigenvalue weighted by Gasteiger charge is 2.15. The van der Waals surface area contributed by atoms with Crippen LogP contribution in [0.15, 0.2) is 47.6 Å². The number of nitrogens with zero attached hydrogens (tertiary/aromatic N) is 6. The molecule has 0 bridgehead atoms. The molecular formula is C20H25N7O2. The number of unbranched alkanes of at least 4 members (excludes halogenated alkanes) is 2. The Bertz CT molecular complexity index is 941. The highest BCUT2D eigenvalue weighted by Crippen LogP contribution is 2.20. The summed E-state index contributed by atoms with van der Waals surface area (Å²) in [5.74, 6) is 1.43. The van der Waals surface area contributed by atoms with E-state index in [0.717, 1.165) is 24.8 Å². The number of anilines is 1. The van der Waals surface area contributed by atoms with Gasteiger partial charge in [0.1, 0.15) is 0 Å². The summed E-state index contributed by atoms with van der Waals surface area (Å²) in [5.41, 5.74) is 8.02. The number of pyridine rings is 1. The van der Waals surface area contributed by atoms with E-state index < -0.39 is 0 Å². The summed E-state index contributed by atoms with van der Waals surface area (Å²) in [7, 11) is 1.75. The zero-order chi connectivity index (χ0) is 20.5. The summed E-state index contributed by atoms with van der Waals surface area (Å²) < 4.78 is 7.21. The molecule has 0 unspecified atom stereocenters. The molecule has 0 amide bonds. The Balaban J connectivity index is 1.68. The van der Waals surface area contributed by atoms with Crippen molar-refractivity contribution in [3.8, 4) is 5.75 Å². The molecule has 3 aromatic rings. The van der Waals surface area contributed by atoms with Crippen molar-refractivity contribution in [2.24, 2.45) is 12.2 Å². The first-order valence-electron chi connectivity index (χ1n) is 9.55. The van der Waals surface area contributed by atoms with Gasteiger partial charge >= 0.3 is 0 Å². The van der Waals surface area contributed by atoms with Crippen LogP contribution in [0.4, 0.5) is 5.82 Å². The molecule has 152 valence electrons. The van der Waals surface area contributed by atoms with Gasteiger partial charge in [0.05, 0.1) is 12.3 Å². The van der Waals surface area contributed by atoms with Crippen molar-refractivity contribution in [3.63, 3.8) is 0 Å². The Morgan fingerprint density at radius 1 is 1.14 bits per heavy atom. The van der Waals surface area contributed by atoms with Gasteiger partial charge < -0.3 is 15.3 Å². The van der Waals surface area contributed by atoms with Gasteiger partial charge in [-0.05, 0) is 29.0 Å². The van der Waals surface area contributed by atoms with Gasteiger partial charge in [-0.1, -0.05) is 55.3 Å². The number of benzene rings is 1. The van der Waals surface area contributed by atoms with Crippen LogP contribution in [0.25, 0.3) is 0 Å². The van der Waals surface area contributed by atoms with Crippen molar-refractivity contribution in [2.75, 3.05) is 12.3 Å². The smallest absolute Gasteiger partial charge is 0.204 e. The predicted octanol–water partition coefficient (Wildman–Crippen LogP) is 2.73. The van der Waals surface area contributed by atoms with E-state index in [9.17, 15) is 0 Å². The molecular weight excluding hydrogens is 370 g/mol. The lowest BCUT2D eigenvalue weighted by atomic mass is 10.1. The van der Waals surface area contributed by atoms with Gasteiger partial charge in [-0.15, -0.1) is 5.10 Å². The van der Waals surface area contributed by atoms with Gasteiger partial charge in [0, 0.05) is 12.6 Å². The molecule has 9 heteroatoms. The Morgan fingerprint density at radius 2 is 1.97 bits per heavy atom. The Labute approximate surface area is 169 Å². The highest BCUT2D eigenvalue weighted by atomic mass is 16.6. The molecule has 2 N–H and O–H groups in total. The molecule has 0 saturated heterocycles. The topological polar surface area (TPSA) is 113 Å². The van der Waals surface area contributed by atoms with Crippen LogP contribution < -0.4 is 10.5 Å². The third-order valence-corrected chi connectivity index (χ3v) is 4.20. The fraction of sp³-hybridized carbons (Fsp3) is 0.350. The molecule has 0 radical (unpaired) electrons. The first-order valence-corrected chi connectivity index (χ1v) is 9.55. The maximum atomic E-state index is 6.00. The monoisotopic (exact) mass is 395 g/mol. The zero-order valence-corrected chi connectivity index (χ0v) is 16.7. The first kappa shape index (κ1) is 20.2. The molecule has 0 aliphatic rings. The van der Waals surface area contributed by atoms with Crippen LogP contribution in [0.3, 0.4) is 0 Å². The van der Waals surface area contributed by atoms with E-state index in [1.807, 2.05) is 36.4 Å². The summed E-state index contributed by atoms with van der Waals surface area (Å²) in [4.78, 5) is 9.88. The van der Waals surface area contributed by atoms with Crippen LogP contribution in [0, 0.1) is 0 Å². The van der Waals surface area contributed by atoms with Crippen LogP contribution in [-0.2, 0) is 18.5 Å². The number of aryl methyl sites for hydroxylation is 1. The minimum Gasteiger partial charge on any atom is -0.490 e. The second kappa shape index (κ2) is 10.2. The predicted molar refractivity (Wildman–Crippen MR) is 109 cm³/mol. The van der Waals surface area contributed by atoms with E-state index >= 15 is 0 Å². The fourth-order valence-electron chi connectivity index (χ4n) is 2.65. The maximum absolute atomic E-state index is 6.00. The van der Waals surface area contributed by atoms with Gasteiger partial charge in [-0.2, -0.15) is 0 Å². The third-order valence-electron chi connectivity index (χ3n) is 4.20. The van der Waals surface area contributed by atoms with Gasteiger partial charge in [-0.25, -0.2) is 9.67 Å². The number of nitrogens with two attached hydrogens (primary N) is 1. The van der Waals surface area contributed by atoms with E-state index in [4.69, 9.17) is 15.3 Å². The summed E-state index contributed by atoms with van der Waals surface area (Å²) in [6.45, 7) is 2.94. The lowest BCUT2D eigenvalue weighted by Gasteiger charge is -2.09. The minimum atomic E-state index is 0.155. The lowest BCUT2D eigenvalue weighted by Crippen LogP contribution is -2.12. The number of rotatable bonds is 10. The summed E-state index contributed by atoms with van der Waals surface area (Å²) in [6.07, 6.45) is 3.26. The lowest BCUT2D eigenvalue weighted by molar-refractivity contribution is 0.128. The number of aromatic nitrogens is 5. The van der Waals surface area contributed by atoms with Crippen LogP contribution in [0.1, 0.15) is 43.3 Å². The Kier molecular flexibility index (Phi) is 7.10. The van der Waals surface area contributed by atoms with Crippen LogP contribution in [0.2, 0.25) is 0 Å². The summed E-state index contributed by atoms with van der Waals surface area (Å²) in [5, 5.41) is 15.8. The summed E-state index contributed by atoms with van der Waals surface area (Å²) in [6, 6.07) is 13.2. The molecule has 29 heavy (non-hydrogen) atoms. The van der Waals surface area contributed by atoms with Gasteiger partial charge in [0.25, 0.3) is 0 Å². The van der Waals surface area contributed by atoms with Gasteiger partial charge in [0.2, 0.25) is 5.82 Å².